The first-order valence-electron chi connectivity index (χ1n) is 6.56. The van der Waals surface area contributed by atoms with Crippen molar-refractivity contribution in [3.05, 3.63) is 11.7 Å². The second kappa shape index (κ2) is 5.14. The van der Waals surface area contributed by atoms with E-state index in [9.17, 15) is 0 Å². The molecule has 0 spiro atoms. The molecular weight excluding hydrogens is 218 g/mol. The summed E-state index contributed by atoms with van der Waals surface area (Å²) in [6.45, 7) is 3.03. The molecule has 2 unspecified atom stereocenters. The Labute approximate surface area is 101 Å². The third-order valence-electron chi connectivity index (χ3n) is 3.56. The van der Waals surface area contributed by atoms with E-state index < -0.39 is 0 Å². The van der Waals surface area contributed by atoms with Crippen LogP contribution in [-0.4, -0.2) is 29.8 Å². The molecule has 0 amide bonds. The average Bonchev–Trinajstić information content (AvgIpc) is 3.00. The van der Waals surface area contributed by atoms with E-state index in [4.69, 9.17) is 9.26 Å². The Morgan fingerprint density at radius 3 is 3.06 bits per heavy atom. The highest BCUT2D eigenvalue weighted by Gasteiger charge is 2.24. The van der Waals surface area contributed by atoms with E-state index in [1.54, 1.807) is 0 Å². The lowest BCUT2D eigenvalue weighted by Crippen LogP contribution is -2.31. The van der Waals surface area contributed by atoms with Crippen LogP contribution in [0.4, 0.5) is 0 Å². The van der Waals surface area contributed by atoms with Crippen molar-refractivity contribution in [3.8, 4) is 0 Å². The minimum Gasteiger partial charge on any atom is -0.368 e. The fourth-order valence-corrected chi connectivity index (χ4v) is 2.61. The lowest BCUT2D eigenvalue weighted by molar-refractivity contribution is 0.0835. The summed E-state index contributed by atoms with van der Waals surface area (Å²) < 4.78 is 10.8. The summed E-state index contributed by atoms with van der Waals surface area (Å²) >= 11 is 0. The molecule has 0 aliphatic carbocycles. The summed E-state index contributed by atoms with van der Waals surface area (Å²) in [5, 5.41) is 7.47. The molecule has 0 radical (unpaired) electrons. The first-order chi connectivity index (χ1) is 8.42. The molecular formula is C12H19N3O2. The van der Waals surface area contributed by atoms with Crippen molar-refractivity contribution in [2.24, 2.45) is 5.92 Å². The molecule has 5 nitrogen and oxygen atoms in total. The zero-order valence-electron chi connectivity index (χ0n) is 10.0. The van der Waals surface area contributed by atoms with Gasteiger partial charge >= 0.3 is 0 Å². The minimum absolute atomic E-state index is 0.0423. The Bertz CT molecular complexity index is 354. The van der Waals surface area contributed by atoms with E-state index in [0.29, 0.717) is 11.8 Å². The lowest BCUT2D eigenvalue weighted by Gasteiger charge is -2.20. The van der Waals surface area contributed by atoms with Crippen LogP contribution in [0.5, 0.6) is 0 Å². The summed E-state index contributed by atoms with van der Waals surface area (Å²) in [4.78, 5) is 4.46. The topological polar surface area (TPSA) is 60.2 Å². The van der Waals surface area contributed by atoms with Gasteiger partial charge in [-0.3, -0.25) is 0 Å². The van der Waals surface area contributed by atoms with Crippen LogP contribution >= 0.6 is 0 Å². The highest BCUT2D eigenvalue weighted by molar-refractivity contribution is 4.93. The third-order valence-corrected chi connectivity index (χ3v) is 3.56. The van der Waals surface area contributed by atoms with Crippen molar-refractivity contribution in [2.75, 3.05) is 19.7 Å². The van der Waals surface area contributed by atoms with Crippen LogP contribution in [0.15, 0.2) is 4.52 Å². The van der Waals surface area contributed by atoms with Crippen molar-refractivity contribution < 1.29 is 9.26 Å². The number of ether oxygens (including phenoxy) is 1. The maximum Gasteiger partial charge on any atom is 0.255 e. The van der Waals surface area contributed by atoms with Gasteiger partial charge in [0, 0.05) is 13.0 Å². The van der Waals surface area contributed by atoms with Crippen molar-refractivity contribution in [1.82, 2.24) is 15.5 Å². The van der Waals surface area contributed by atoms with Gasteiger partial charge in [0.15, 0.2) is 5.82 Å². The standard InChI is InChI=1S/C12H19N3O2/c1-3-9(8-13-5-1)7-11-14-12(17-15-11)10-4-2-6-16-10/h9-10,13H,1-8H2. The zero-order valence-corrected chi connectivity index (χ0v) is 10.0. The molecule has 2 atom stereocenters. The second-order valence-electron chi connectivity index (χ2n) is 4.97. The Hall–Kier alpha value is -0.940. The summed E-state index contributed by atoms with van der Waals surface area (Å²) in [6.07, 6.45) is 5.57. The minimum atomic E-state index is 0.0423. The maximum atomic E-state index is 5.53. The number of hydrogen-bond acceptors (Lipinski definition) is 5. The molecule has 2 aliphatic heterocycles. The van der Waals surface area contributed by atoms with Crippen LogP contribution in [0.3, 0.4) is 0 Å². The average molecular weight is 237 g/mol. The highest BCUT2D eigenvalue weighted by Crippen LogP contribution is 2.27. The van der Waals surface area contributed by atoms with E-state index in [1.165, 1.54) is 12.8 Å². The van der Waals surface area contributed by atoms with E-state index in [0.717, 1.165) is 44.8 Å². The summed E-state index contributed by atoms with van der Waals surface area (Å²) in [6, 6.07) is 0. The number of nitrogens with one attached hydrogen (secondary N) is 1. The number of nitrogens with zero attached hydrogens (tertiary/aromatic N) is 2. The van der Waals surface area contributed by atoms with Gasteiger partial charge in [-0.15, -0.1) is 0 Å². The second-order valence-corrected chi connectivity index (χ2v) is 4.97. The molecule has 2 fully saturated rings. The van der Waals surface area contributed by atoms with Gasteiger partial charge in [0.25, 0.3) is 5.89 Å². The van der Waals surface area contributed by atoms with Gasteiger partial charge in [0.2, 0.25) is 0 Å². The predicted octanol–water partition coefficient (Wildman–Crippen LogP) is 1.46. The molecule has 0 saturated carbocycles. The Morgan fingerprint density at radius 2 is 2.29 bits per heavy atom. The van der Waals surface area contributed by atoms with Gasteiger partial charge < -0.3 is 14.6 Å². The van der Waals surface area contributed by atoms with Gasteiger partial charge in [-0.2, -0.15) is 4.98 Å². The number of piperidine rings is 1. The van der Waals surface area contributed by atoms with E-state index >= 15 is 0 Å². The molecule has 1 aromatic heterocycles. The molecule has 3 rings (SSSR count). The normalized spacial score (nSPS) is 29.6. The molecule has 5 heteroatoms. The Morgan fingerprint density at radius 1 is 1.29 bits per heavy atom. The number of rotatable bonds is 3. The Kier molecular flexibility index (Phi) is 3.38. The molecule has 2 aliphatic rings. The summed E-state index contributed by atoms with van der Waals surface area (Å²) in [5.74, 6) is 2.16. The van der Waals surface area contributed by atoms with E-state index in [-0.39, 0.29) is 6.10 Å². The third kappa shape index (κ3) is 2.66. The monoisotopic (exact) mass is 237 g/mol. The fourth-order valence-electron chi connectivity index (χ4n) is 2.61. The maximum absolute atomic E-state index is 5.53. The fraction of sp³-hybridized carbons (Fsp3) is 0.833. The molecule has 3 heterocycles. The first kappa shape index (κ1) is 11.2. The van der Waals surface area contributed by atoms with Crippen LogP contribution in [0.25, 0.3) is 0 Å². The first-order valence-corrected chi connectivity index (χ1v) is 6.56. The number of hydrogen-bond donors (Lipinski definition) is 1. The zero-order chi connectivity index (χ0) is 11.5. The largest absolute Gasteiger partial charge is 0.368 e. The predicted molar refractivity (Wildman–Crippen MR) is 61.5 cm³/mol. The van der Waals surface area contributed by atoms with Crippen molar-refractivity contribution in [3.63, 3.8) is 0 Å². The van der Waals surface area contributed by atoms with Crippen LogP contribution in [0.1, 0.15) is 43.5 Å². The van der Waals surface area contributed by atoms with Crippen LogP contribution in [0.2, 0.25) is 0 Å². The number of aromatic nitrogens is 2. The summed E-state index contributed by atoms with van der Waals surface area (Å²) in [7, 11) is 0. The molecule has 2 saturated heterocycles. The van der Waals surface area contributed by atoms with Crippen molar-refractivity contribution >= 4 is 0 Å². The van der Waals surface area contributed by atoms with Crippen molar-refractivity contribution in [1.29, 1.82) is 0 Å². The molecule has 17 heavy (non-hydrogen) atoms. The van der Waals surface area contributed by atoms with E-state index in [1.807, 2.05) is 0 Å². The molecule has 94 valence electrons. The van der Waals surface area contributed by atoms with Gasteiger partial charge in [-0.1, -0.05) is 5.16 Å². The quantitative estimate of drug-likeness (QED) is 0.862. The van der Waals surface area contributed by atoms with Gasteiger partial charge in [-0.25, -0.2) is 0 Å². The van der Waals surface area contributed by atoms with Gasteiger partial charge in [0.1, 0.15) is 6.10 Å². The van der Waals surface area contributed by atoms with Crippen LogP contribution in [0, 0.1) is 5.92 Å². The van der Waals surface area contributed by atoms with E-state index in [2.05, 4.69) is 15.5 Å². The molecule has 0 aromatic carbocycles. The van der Waals surface area contributed by atoms with Gasteiger partial charge in [-0.05, 0) is 44.7 Å². The molecule has 1 N–H and O–H groups in total. The van der Waals surface area contributed by atoms with Gasteiger partial charge in [0.05, 0.1) is 0 Å². The van der Waals surface area contributed by atoms with Crippen LogP contribution in [-0.2, 0) is 11.2 Å². The Balaban J connectivity index is 1.59. The lowest BCUT2D eigenvalue weighted by atomic mass is 9.96. The molecule has 1 aromatic rings. The van der Waals surface area contributed by atoms with Crippen LogP contribution < -0.4 is 5.32 Å². The smallest absolute Gasteiger partial charge is 0.255 e. The highest BCUT2D eigenvalue weighted by atomic mass is 16.5. The SMILES string of the molecule is C1CNCC(Cc2noc(C3CCCO3)n2)C1. The van der Waals surface area contributed by atoms with Crippen molar-refractivity contribution in [2.45, 2.75) is 38.2 Å². The summed E-state index contributed by atoms with van der Waals surface area (Å²) in [5.41, 5.74) is 0. The molecule has 0 bridgehead atoms.